The summed E-state index contributed by atoms with van der Waals surface area (Å²) < 4.78 is 33.3. The van der Waals surface area contributed by atoms with Gasteiger partial charge in [-0.15, -0.1) is 0 Å². The third kappa shape index (κ3) is 5.93. The monoisotopic (exact) mass is 367 g/mol. The molecular formula is C17H25N3O4S. The van der Waals surface area contributed by atoms with E-state index >= 15 is 0 Å². The number of rotatable bonds is 7. The average molecular weight is 367 g/mol. The molecule has 1 aliphatic heterocycles. The molecule has 2 rings (SSSR count). The van der Waals surface area contributed by atoms with Crippen LogP contribution in [0.2, 0.25) is 0 Å². The SMILES string of the molecule is C=CC(=O)Nc1ccc(S(=O)(=O)NC(C)(C)CN2CCOCC2)cc1. The molecule has 0 saturated carbocycles. The number of hydrogen-bond donors (Lipinski definition) is 2. The molecule has 1 saturated heterocycles. The molecule has 0 unspecified atom stereocenters. The van der Waals surface area contributed by atoms with Crippen LogP contribution < -0.4 is 10.0 Å². The maximum atomic E-state index is 12.6. The summed E-state index contributed by atoms with van der Waals surface area (Å²) in [7, 11) is -3.66. The Bertz CT molecular complexity index is 708. The number of hydrogen-bond acceptors (Lipinski definition) is 5. The lowest BCUT2D eigenvalue weighted by atomic mass is 10.1. The van der Waals surface area contributed by atoms with Gasteiger partial charge in [0.1, 0.15) is 0 Å². The molecule has 1 amide bonds. The largest absolute Gasteiger partial charge is 0.379 e. The normalized spacial score (nSPS) is 16.4. The van der Waals surface area contributed by atoms with Crippen molar-refractivity contribution in [1.29, 1.82) is 0 Å². The molecule has 1 aromatic rings. The number of nitrogens with zero attached hydrogens (tertiary/aromatic N) is 1. The van der Waals surface area contributed by atoms with Crippen LogP contribution in [0, 0.1) is 0 Å². The van der Waals surface area contributed by atoms with Gasteiger partial charge >= 0.3 is 0 Å². The van der Waals surface area contributed by atoms with Crippen LogP contribution >= 0.6 is 0 Å². The fourth-order valence-corrected chi connectivity index (χ4v) is 4.09. The van der Waals surface area contributed by atoms with Crippen LogP contribution in [0.3, 0.4) is 0 Å². The predicted molar refractivity (Wildman–Crippen MR) is 96.9 cm³/mol. The van der Waals surface area contributed by atoms with E-state index in [0.717, 1.165) is 19.2 Å². The topological polar surface area (TPSA) is 87.7 Å². The van der Waals surface area contributed by atoms with Gasteiger partial charge in [-0.3, -0.25) is 9.69 Å². The van der Waals surface area contributed by atoms with Gasteiger partial charge in [0.15, 0.2) is 0 Å². The van der Waals surface area contributed by atoms with Gasteiger partial charge < -0.3 is 10.1 Å². The van der Waals surface area contributed by atoms with Crippen molar-refractivity contribution >= 4 is 21.6 Å². The minimum Gasteiger partial charge on any atom is -0.379 e. The van der Waals surface area contributed by atoms with E-state index in [4.69, 9.17) is 4.74 Å². The van der Waals surface area contributed by atoms with Crippen LogP contribution in [0.15, 0.2) is 41.8 Å². The molecule has 8 heteroatoms. The molecule has 25 heavy (non-hydrogen) atoms. The van der Waals surface area contributed by atoms with Crippen molar-refractivity contribution in [3.8, 4) is 0 Å². The molecule has 1 aromatic carbocycles. The maximum absolute atomic E-state index is 12.6. The fourth-order valence-electron chi connectivity index (χ4n) is 2.68. The Hall–Kier alpha value is -1.74. The molecule has 2 N–H and O–H groups in total. The fraction of sp³-hybridized carbons (Fsp3) is 0.471. The van der Waals surface area contributed by atoms with Crippen molar-refractivity contribution in [2.75, 3.05) is 38.2 Å². The van der Waals surface area contributed by atoms with E-state index in [1.165, 1.54) is 12.1 Å². The minimum absolute atomic E-state index is 0.152. The first-order chi connectivity index (χ1) is 11.7. The summed E-state index contributed by atoms with van der Waals surface area (Å²) in [5.74, 6) is -0.347. The van der Waals surface area contributed by atoms with E-state index in [9.17, 15) is 13.2 Å². The lowest BCUT2D eigenvalue weighted by Crippen LogP contribution is -2.53. The summed E-state index contributed by atoms with van der Waals surface area (Å²) in [6.45, 7) is 10.6. The molecule has 1 aliphatic rings. The van der Waals surface area contributed by atoms with Crippen molar-refractivity contribution < 1.29 is 17.9 Å². The number of amides is 1. The van der Waals surface area contributed by atoms with Gasteiger partial charge in [-0.1, -0.05) is 6.58 Å². The molecule has 0 atom stereocenters. The number of nitrogens with one attached hydrogen (secondary N) is 2. The van der Waals surface area contributed by atoms with Crippen molar-refractivity contribution in [1.82, 2.24) is 9.62 Å². The van der Waals surface area contributed by atoms with E-state index in [0.29, 0.717) is 25.4 Å². The zero-order chi connectivity index (χ0) is 18.5. The molecule has 1 heterocycles. The lowest BCUT2D eigenvalue weighted by Gasteiger charge is -2.35. The molecule has 7 nitrogen and oxygen atoms in total. The molecule has 0 aliphatic carbocycles. The number of morpholine rings is 1. The molecule has 0 aromatic heterocycles. The Kier molecular flexibility index (Phi) is 6.34. The molecule has 138 valence electrons. The maximum Gasteiger partial charge on any atom is 0.247 e. The quantitative estimate of drug-likeness (QED) is 0.707. The zero-order valence-electron chi connectivity index (χ0n) is 14.6. The molecule has 0 spiro atoms. The summed E-state index contributed by atoms with van der Waals surface area (Å²) >= 11 is 0. The van der Waals surface area contributed by atoms with Crippen LogP contribution in [0.1, 0.15) is 13.8 Å². The molecule has 0 radical (unpaired) electrons. The Labute approximate surface area is 149 Å². The van der Waals surface area contributed by atoms with Crippen LogP contribution in [0.25, 0.3) is 0 Å². The summed E-state index contributed by atoms with van der Waals surface area (Å²) in [4.78, 5) is 13.6. The van der Waals surface area contributed by atoms with E-state index in [1.807, 2.05) is 13.8 Å². The minimum atomic E-state index is -3.66. The van der Waals surface area contributed by atoms with E-state index in [-0.39, 0.29) is 10.8 Å². The van der Waals surface area contributed by atoms with Crippen molar-refractivity contribution in [3.05, 3.63) is 36.9 Å². The van der Waals surface area contributed by atoms with Gasteiger partial charge in [0.25, 0.3) is 0 Å². The zero-order valence-corrected chi connectivity index (χ0v) is 15.4. The second-order valence-corrected chi connectivity index (χ2v) is 8.28. The molecular weight excluding hydrogens is 342 g/mol. The summed E-state index contributed by atoms with van der Waals surface area (Å²) in [5.41, 5.74) is -0.109. The Morgan fingerprint density at radius 2 is 1.88 bits per heavy atom. The van der Waals surface area contributed by atoms with Gasteiger partial charge in [0, 0.05) is 30.9 Å². The first-order valence-corrected chi connectivity index (χ1v) is 9.58. The Morgan fingerprint density at radius 3 is 2.44 bits per heavy atom. The van der Waals surface area contributed by atoms with Crippen molar-refractivity contribution in [2.24, 2.45) is 0 Å². The highest BCUT2D eigenvalue weighted by Crippen LogP contribution is 2.17. The smallest absolute Gasteiger partial charge is 0.247 e. The predicted octanol–water partition coefficient (Wildman–Crippen LogP) is 1.20. The summed E-state index contributed by atoms with van der Waals surface area (Å²) in [6.07, 6.45) is 1.15. The van der Waals surface area contributed by atoms with Crippen molar-refractivity contribution in [2.45, 2.75) is 24.3 Å². The highest BCUT2D eigenvalue weighted by Gasteiger charge is 2.29. The number of carbonyl (C=O) groups is 1. The van der Waals surface area contributed by atoms with Gasteiger partial charge in [0.05, 0.1) is 18.1 Å². The first-order valence-electron chi connectivity index (χ1n) is 8.09. The highest BCUT2D eigenvalue weighted by molar-refractivity contribution is 7.89. The lowest BCUT2D eigenvalue weighted by molar-refractivity contribution is -0.111. The van der Waals surface area contributed by atoms with Gasteiger partial charge in [-0.05, 0) is 44.2 Å². The molecule has 0 bridgehead atoms. The van der Waals surface area contributed by atoms with Crippen LogP contribution in [0.4, 0.5) is 5.69 Å². The van der Waals surface area contributed by atoms with Gasteiger partial charge in [-0.25, -0.2) is 13.1 Å². The number of benzene rings is 1. The Balaban J connectivity index is 2.04. The third-order valence-corrected chi connectivity index (χ3v) is 5.46. The summed E-state index contributed by atoms with van der Waals surface area (Å²) in [5, 5.41) is 2.58. The van der Waals surface area contributed by atoms with Gasteiger partial charge in [0.2, 0.25) is 15.9 Å². The average Bonchev–Trinajstić information content (AvgIpc) is 2.54. The first kappa shape index (κ1) is 19.6. The standard InChI is InChI=1S/C17H25N3O4S/c1-4-16(21)18-14-5-7-15(8-6-14)25(22,23)19-17(2,3)13-20-9-11-24-12-10-20/h4-8,19H,1,9-13H2,2-3H3,(H,18,21). The number of carbonyl (C=O) groups excluding carboxylic acids is 1. The van der Waals surface area contributed by atoms with E-state index in [2.05, 4.69) is 21.5 Å². The van der Waals surface area contributed by atoms with Crippen molar-refractivity contribution in [3.63, 3.8) is 0 Å². The van der Waals surface area contributed by atoms with Gasteiger partial charge in [-0.2, -0.15) is 0 Å². The highest BCUT2D eigenvalue weighted by atomic mass is 32.2. The Morgan fingerprint density at radius 1 is 1.28 bits per heavy atom. The number of anilines is 1. The number of ether oxygens (including phenoxy) is 1. The summed E-state index contributed by atoms with van der Waals surface area (Å²) in [6, 6.07) is 6.02. The second kappa shape index (κ2) is 8.09. The van der Waals surface area contributed by atoms with E-state index in [1.54, 1.807) is 12.1 Å². The number of sulfonamides is 1. The molecule has 1 fully saturated rings. The third-order valence-electron chi connectivity index (χ3n) is 3.75. The van der Waals surface area contributed by atoms with Crippen LogP contribution in [0.5, 0.6) is 0 Å². The van der Waals surface area contributed by atoms with E-state index < -0.39 is 15.6 Å². The van der Waals surface area contributed by atoms with Crippen LogP contribution in [-0.4, -0.2) is 57.6 Å². The van der Waals surface area contributed by atoms with Crippen LogP contribution in [-0.2, 0) is 19.6 Å². The second-order valence-electron chi connectivity index (χ2n) is 6.60.